The molecule has 2 aliphatic rings. The summed E-state index contributed by atoms with van der Waals surface area (Å²) >= 11 is 0. The summed E-state index contributed by atoms with van der Waals surface area (Å²) in [5, 5.41) is 1.01. The number of pyridine rings is 1. The molecule has 0 radical (unpaired) electrons. The van der Waals surface area contributed by atoms with Crippen LogP contribution < -0.4 is 4.90 Å². The third-order valence-corrected chi connectivity index (χ3v) is 6.79. The summed E-state index contributed by atoms with van der Waals surface area (Å²) in [6.07, 6.45) is 6.26. The number of ether oxygens (including phenoxy) is 1. The number of aromatic nitrogens is 4. The average Bonchev–Trinajstić information content (AvgIpc) is 3.57. The van der Waals surface area contributed by atoms with Crippen molar-refractivity contribution in [3.63, 3.8) is 0 Å². The lowest BCUT2D eigenvalue weighted by atomic mass is 10.0. The van der Waals surface area contributed by atoms with Gasteiger partial charge in [-0.1, -0.05) is 24.3 Å². The molecule has 5 heterocycles. The molecule has 0 atom stereocenters. The molecule has 0 bridgehead atoms. The van der Waals surface area contributed by atoms with Crippen molar-refractivity contribution in [3.8, 4) is 11.3 Å². The highest BCUT2D eigenvalue weighted by molar-refractivity contribution is 6.11. The van der Waals surface area contributed by atoms with Crippen LogP contribution >= 0.6 is 0 Å². The van der Waals surface area contributed by atoms with Gasteiger partial charge in [0.05, 0.1) is 30.9 Å². The van der Waals surface area contributed by atoms with Gasteiger partial charge in [0.2, 0.25) is 0 Å². The second-order valence-electron chi connectivity index (χ2n) is 9.52. The van der Waals surface area contributed by atoms with Crippen molar-refractivity contribution in [2.75, 3.05) is 37.7 Å². The number of allylic oxidation sites excluding steroid dienone is 1. The van der Waals surface area contributed by atoms with Crippen LogP contribution in [0, 0.1) is 6.92 Å². The Balaban J connectivity index is 1.12. The molecular weight excluding hydrogens is 464 g/mol. The molecule has 4 aromatic rings. The van der Waals surface area contributed by atoms with E-state index in [0.717, 1.165) is 69.3 Å². The second kappa shape index (κ2) is 10.1. The van der Waals surface area contributed by atoms with E-state index in [1.807, 2.05) is 37.3 Å². The van der Waals surface area contributed by atoms with Gasteiger partial charge < -0.3 is 14.6 Å². The van der Waals surface area contributed by atoms with Crippen molar-refractivity contribution in [2.24, 2.45) is 4.99 Å². The maximum absolute atomic E-state index is 12.8. The van der Waals surface area contributed by atoms with E-state index in [0.29, 0.717) is 32.6 Å². The van der Waals surface area contributed by atoms with Crippen molar-refractivity contribution < 1.29 is 9.53 Å². The normalized spacial score (nSPS) is 15.6. The summed E-state index contributed by atoms with van der Waals surface area (Å²) in [4.78, 5) is 36.3. The van der Waals surface area contributed by atoms with Crippen LogP contribution in [0.25, 0.3) is 22.3 Å². The molecular formula is C29H28N6O2. The number of aryl methyl sites for hydroxylation is 1. The van der Waals surface area contributed by atoms with E-state index in [1.54, 1.807) is 12.5 Å². The minimum absolute atomic E-state index is 0.192. The van der Waals surface area contributed by atoms with Crippen LogP contribution in [0.2, 0.25) is 0 Å². The number of hydrogen-bond acceptors (Lipinski definition) is 7. The van der Waals surface area contributed by atoms with Gasteiger partial charge in [-0.2, -0.15) is 0 Å². The minimum atomic E-state index is 0.192. The molecule has 2 aliphatic heterocycles. The number of aromatic amines is 1. The lowest BCUT2D eigenvalue weighted by molar-refractivity contribution is -0.117. The summed E-state index contributed by atoms with van der Waals surface area (Å²) in [7, 11) is 0. The summed E-state index contributed by atoms with van der Waals surface area (Å²) in [5.41, 5.74) is 7.84. The number of rotatable bonds is 7. The maximum atomic E-state index is 12.8. The lowest BCUT2D eigenvalue weighted by Crippen LogP contribution is -2.36. The average molecular weight is 493 g/mol. The van der Waals surface area contributed by atoms with Gasteiger partial charge in [0.1, 0.15) is 23.6 Å². The molecule has 8 heteroatoms. The van der Waals surface area contributed by atoms with Gasteiger partial charge in [0, 0.05) is 49.1 Å². The van der Waals surface area contributed by atoms with Crippen LogP contribution in [-0.4, -0.2) is 64.3 Å². The summed E-state index contributed by atoms with van der Waals surface area (Å²) in [6, 6.07) is 14.2. The Bertz CT molecular complexity index is 1510. The molecule has 8 nitrogen and oxygen atoms in total. The first kappa shape index (κ1) is 23.2. The van der Waals surface area contributed by atoms with Gasteiger partial charge >= 0.3 is 0 Å². The fourth-order valence-electron chi connectivity index (χ4n) is 4.91. The van der Waals surface area contributed by atoms with E-state index in [4.69, 9.17) is 4.74 Å². The molecule has 0 saturated carbocycles. The Morgan fingerprint density at radius 3 is 2.65 bits per heavy atom. The predicted molar refractivity (Wildman–Crippen MR) is 144 cm³/mol. The van der Waals surface area contributed by atoms with Crippen molar-refractivity contribution in [1.82, 2.24) is 19.9 Å². The molecule has 37 heavy (non-hydrogen) atoms. The second-order valence-corrected chi connectivity index (χ2v) is 9.52. The number of H-pyrrole nitrogens is 1. The van der Waals surface area contributed by atoms with Crippen molar-refractivity contribution in [1.29, 1.82) is 0 Å². The number of carbonyl (C=O) groups excluding carboxylic acids is 1. The monoisotopic (exact) mass is 492 g/mol. The smallest absolute Gasteiger partial charge is 0.143 e. The first-order valence-corrected chi connectivity index (χ1v) is 12.6. The highest BCUT2D eigenvalue weighted by Gasteiger charge is 2.18. The van der Waals surface area contributed by atoms with E-state index in [9.17, 15) is 4.79 Å². The van der Waals surface area contributed by atoms with Gasteiger partial charge in [-0.3, -0.25) is 14.8 Å². The number of benzene rings is 1. The van der Waals surface area contributed by atoms with Crippen molar-refractivity contribution in [2.45, 2.75) is 19.8 Å². The third-order valence-electron chi connectivity index (χ3n) is 6.79. The van der Waals surface area contributed by atoms with E-state index >= 15 is 0 Å². The molecule has 0 amide bonds. The zero-order valence-electron chi connectivity index (χ0n) is 20.8. The minimum Gasteiger partial charge on any atom is -0.378 e. The van der Waals surface area contributed by atoms with Gasteiger partial charge in [-0.15, -0.1) is 0 Å². The highest BCUT2D eigenvalue weighted by Crippen LogP contribution is 2.29. The van der Waals surface area contributed by atoms with Crippen molar-refractivity contribution >= 4 is 28.3 Å². The zero-order chi connectivity index (χ0) is 25.2. The van der Waals surface area contributed by atoms with Crippen LogP contribution in [0.4, 0.5) is 5.82 Å². The quantitative estimate of drug-likeness (QED) is 0.417. The number of anilines is 1. The summed E-state index contributed by atoms with van der Waals surface area (Å²) in [5.74, 6) is 1.13. The maximum Gasteiger partial charge on any atom is 0.143 e. The van der Waals surface area contributed by atoms with Crippen molar-refractivity contribution in [3.05, 3.63) is 83.5 Å². The number of morpholine rings is 1. The molecule has 1 fully saturated rings. The number of ketones is 1. The Kier molecular flexibility index (Phi) is 6.32. The Labute approximate surface area is 215 Å². The van der Waals surface area contributed by atoms with Crippen LogP contribution in [0.3, 0.4) is 0 Å². The number of nitrogens with one attached hydrogen (secondary N) is 1. The first-order chi connectivity index (χ1) is 18.1. The highest BCUT2D eigenvalue weighted by atomic mass is 16.5. The number of nitrogens with zero attached hydrogens (tertiary/aromatic N) is 5. The fourth-order valence-corrected chi connectivity index (χ4v) is 4.91. The standard InChI is InChI=1S/C29H28N6O2/c1-19-12-23(6-7-30-19)26-15-21(17-31-26)14-24(36)13-20-2-4-22(5-3-20)27-16-25-28(34-27)32-18-33-29(25)35-8-10-37-11-9-35/h2-7,12,15-16,18H,8-11,13-14,17H2,1H3,(H,32,33,34). The van der Waals surface area contributed by atoms with Gasteiger partial charge in [-0.05, 0) is 47.9 Å². The number of Topliss-reactive ketones (excluding diaryl/α,β-unsaturated/α-hetero) is 1. The fraction of sp³-hybridized carbons (Fsp3) is 0.276. The largest absolute Gasteiger partial charge is 0.378 e. The van der Waals surface area contributed by atoms with Crippen LogP contribution in [0.15, 0.2) is 71.6 Å². The number of fused-ring (bicyclic) bond motifs is 1. The van der Waals surface area contributed by atoms with Gasteiger partial charge in [0.25, 0.3) is 0 Å². The first-order valence-electron chi connectivity index (χ1n) is 12.6. The van der Waals surface area contributed by atoms with E-state index in [-0.39, 0.29) is 5.78 Å². The van der Waals surface area contributed by atoms with Crippen LogP contribution in [0.1, 0.15) is 23.2 Å². The number of hydrogen-bond donors (Lipinski definition) is 1. The van der Waals surface area contributed by atoms with Crippen LogP contribution in [0.5, 0.6) is 0 Å². The molecule has 1 aromatic carbocycles. The Morgan fingerprint density at radius 1 is 1.00 bits per heavy atom. The molecule has 3 aromatic heterocycles. The molecule has 0 spiro atoms. The number of carbonyl (C=O) groups is 1. The molecule has 1 N–H and O–H groups in total. The van der Waals surface area contributed by atoms with Gasteiger partial charge in [0.15, 0.2) is 0 Å². The zero-order valence-corrected chi connectivity index (χ0v) is 20.8. The summed E-state index contributed by atoms with van der Waals surface area (Å²) < 4.78 is 5.48. The predicted octanol–water partition coefficient (Wildman–Crippen LogP) is 4.10. The van der Waals surface area contributed by atoms with Crippen LogP contribution in [-0.2, 0) is 16.0 Å². The molecule has 0 aliphatic carbocycles. The van der Waals surface area contributed by atoms with Gasteiger partial charge in [-0.25, -0.2) is 9.97 Å². The Morgan fingerprint density at radius 2 is 1.84 bits per heavy atom. The van der Waals surface area contributed by atoms with E-state index < -0.39 is 0 Å². The molecule has 6 rings (SSSR count). The lowest BCUT2D eigenvalue weighted by Gasteiger charge is -2.27. The molecule has 0 unspecified atom stereocenters. The van der Waals surface area contributed by atoms with E-state index in [1.165, 1.54) is 0 Å². The topological polar surface area (TPSA) is 96.4 Å². The Hall–Kier alpha value is -4.17. The number of aliphatic imine (C=N–C) groups is 1. The third kappa shape index (κ3) is 5.06. The molecule has 186 valence electrons. The molecule has 1 saturated heterocycles. The summed E-state index contributed by atoms with van der Waals surface area (Å²) in [6.45, 7) is 5.61. The SMILES string of the molecule is Cc1cc(C2=NCC(CC(=O)Cc3ccc(-c4cc5c(N6CCOCC6)ncnc5[nH]4)cc3)=C2)ccn1. The van der Waals surface area contributed by atoms with E-state index in [2.05, 4.69) is 48.0 Å².